The summed E-state index contributed by atoms with van der Waals surface area (Å²) in [5, 5.41) is 0. The molecule has 21 heavy (non-hydrogen) atoms. The molecule has 2 aromatic rings. The monoisotopic (exact) mass is 304 g/mol. The molecule has 0 aliphatic carbocycles. The van der Waals surface area contributed by atoms with Crippen LogP contribution in [-0.4, -0.2) is 19.6 Å². The summed E-state index contributed by atoms with van der Waals surface area (Å²) in [6, 6.07) is 16.0. The first kappa shape index (κ1) is 15.7. The molecule has 0 heterocycles. The molecule has 1 unspecified atom stereocenters. The molecule has 0 amide bonds. The molecule has 1 atom stereocenters. The van der Waals surface area contributed by atoms with Crippen molar-refractivity contribution in [1.82, 2.24) is 0 Å². The predicted octanol–water partition coefficient (Wildman–Crippen LogP) is 4.80. The van der Waals surface area contributed by atoms with Gasteiger partial charge in [-0.05, 0) is 48.7 Å². The average Bonchev–Trinajstić information content (AvgIpc) is 2.53. The van der Waals surface area contributed by atoms with E-state index in [2.05, 4.69) is 31.2 Å². The second-order valence-electron chi connectivity index (χ2n) is 5.02. The van der Waals surface area contributed by atoms with Crippen LogP contribution in [0.5, 0.6) is 11.5 Å². The number of methoxy groups -OCH3 is 1. The maximum atomic E-state index is 6.12. The molecule has 2 nitrogen and oxygen atoms in total. The third-order valence-corrected chi connectivity index (χ3v) is 3.98. The molecule has 112 valence electrons. The minimum Gasteiger partial charge on any atom is -0.497 e. The molecular weight excluding hydrogens is 284 g/mol. The third-order valence-electron chi connectivity index (χ3n) is 3.61. The molecule has 0 saturated heterocycles. The van der Waals surface area contributed by atoms with Gasteiger partial charge in [-0.15, -0.1) is 11.6 Å². The number of aryl methyl sites for hydroxylation is 1. The molecule has 0 bridgehead atoms. The predicted molar refractivity (Wildman–Crippen MR) is 87.7 cm³/mol. The molecule has 0 radical (unpaired) electrons. The van der Waals surface area contributed by atoms with E-state index in [0.29, 0.717) is 18.4 Å². The van der Waals surface area contributed by atoms with Crippen LogP contribution in [0.2, 0.25) is 0 Å². The van der Waals surface area contributed by atoms with Gasteiger partial charge in [-0.1, -0.05) is 24.3 Å². The lowest BCUT2D eigenvalue weighted by atomic mass is 9.94. The van der Waals surface area contributed by atoms with Crippen molar-refractivity contribution in [3.8, 4) is 11.5 Å². The summed E-state index contributed by atoms with van der Waals surface area (Å²) >= 11 is 6.12. The Hall–Kier alpha value is -1.67. The van der Waals surface area contributed by atoms with Gasteiger partial charge in [-0.2, -0.15) is 0 Å². The second-order valence-corrected chi connectivity index (χ2v) is 5.33. The summed E-state index contributed by atoms with van der Waals surface area (Å²) in [6.45, 7) is 2.78. The molecule has 2 aromatic carbocycles. The first-order valence-electron chi connectivity index (χ1n) is 7.13. The van der Waals surface area contributed by atoms with Gasteiger partial charge in [-0.25, -0.2) is 0 Å². The van der Waals surface area contributed by atoms with Crippen molar-refractivity contribution in [3.05, 3.63) is 59.7 Å². The van der Waals surface area contributed by atoms with Crippen LogP contribution < -0.4 is 9.47 Å². The van der Waals surface area contributed by atoms with E-state index in [1.165, 1.54) is 11.1 Å². The summed E-state index contributed by atoms with van der Waals surface area (Å²) in [7, 11) is 1.66. The molecular formula is C18H21ClO2. The van der Waals surface area contributed by atoms with Crippen LogP contribution in [0.4, 0.5) is 0 Å². The smallest absolute Gasteiger partial charge is 0.119 e. The molecule has 0 saturated carbocycles. The molecule has 0 spiro atoms. The summed E-state index contributed by atoms with van der Waals surface area (Å²) in [5.74, 6) is 2.62. The Bertz CT molecular complexity index is 551. The molecule has 0 N–H and O–H groups in total. The van der Waals surface area contributed by atoms with Crippen LogP contribution in [0, 0.1) is 6.92 Å². The molecule has 2 rings (SSSR count). The SMILES string of the molecule is COc1ccc(OCCC(CCl)c2ccccc2C)cc1. The largest absolute Gasteiger partial charge is 0.497 e. The van der Waals surface area contributed by atoms with Crippen molar-refractivity contribution in [2.75, 3.05) is 19.6 Å². The van der Waals surface area contributed by atoms with Gasteiger partial charge in [0.1, 0.15) is 11.5 Å². The Balaban J connectivity index is 1.90. The summed E-state index contributed by atoms with van der Waals surface area (Å²) < 4.78 is 10.9. The number of ether oxygens (including phenoxy) is 2. The van der Waals surface area contributed by atoms with Crippen LogP contribution in [0.3, 0.4) is 0 Å². The number of hydrogen-bond acceptors (Lipinski definition) is 2. The van der Waals surface area contributed by atoms with E-state index in [4.69, 9.17) is 21.1 Å². The number of hydrogen-bond donors (Lipinski definition) is 0. The number of alkyl halides is 1. The number of benzene rings is 2. The van der Waals surface area contributed by atoms with E-state index >= 15 is 0 Å². The van der Waals surface area contributed by atoms with E-state index < -0.39 is 0 Å². The van der Waals surface area contributed by atoms with Crippen molar-refractivity contribution >= 4 is 11.6 Å². The Morgan fingerprint density at radius 2 is 1.67 bits per heavy atom. The third kappa shape index (κ3) is 4.40. The zero-order chi connectivity index (χ0) is 15.1. The first-order chi connectivity index (χ1) is 10.2. The van der Waals surface area contributed by atoms with E-state index in [0.717, 1.165) is 17.9 Å². The topological polar surface area (TPSA) is 18.5 Å². The van der Waals surface area contributed by atoms with Crippen LogP contribution >= 0.6 is 11.6 Å². The second kappa shape index (κ2) is 7.94. The standard InChI is InChI=1S/C18H21ClO2/c1-14-5-3-4-6-18(14)15(13-19)11-12-21-17-9-7-16(20-2)8-10-17/h3-10,15H,11-13H2,1-2H3. The van der Waals surface area contributed by atoms with Gasteiger partial charge >= 0.3 is 0 Å². The van der Waals surface area contributed by atoms with Gasteiger partial charge in [0.2, 0.25) is 0 Å². The van der Waals surface area contributed by atoms with Crippen LogP contribution in [-0.2, 0) is 0 Å². The maximum absolute atomic E-state index is 6.12. The fraction of sp³-hybridized carbons (Fsp3) is 0.333. The molecule has 0 aliphatic rings. The number of rotatable bonds is 7. The normalized spacial score (nSPS) is 12.0. The van der Waals surface area contributed by atoms with Crippen molar-refractivity contribution in [2.24, 2.45) is 0 Å². The van der Waals surface area contributed by atoms with Gasteiger partial charge in [0, 0.05) is 11.8 Å². The molecule has 0 aliphatic heterocycles. The zero-order valence-corrected chi connectivity index (χ0v) is 13.3. The maximum Gasteiger partial charge on any atom is 0.119 e. The quantitative estimate of drug-likeness (QED) is 0.684. The molecule has 0 aromatic heterocycles. The van der Waals surface area contributed by atoms with Crippen LogP contribution in [0.25, 0.3) is 0 Å². The van der Waals surface area contributed by atoms with Gasteiger partial charge in [0.05, 0.1) is 13.7 Å². The van der Waals surface area contributed by atoms with E-state index in [1.54, 1.807) is 7.11 Å². The zero-order valence-electron chi connectivity index (χ0n) is 12.5. The van der Waals surface area contributed by atoms with Crippen molar-refractivity contribution < 1.29 is 9.47 Å². The lowest BCUT2D eigenvalue weighted by molar-refractivity contribution is 0.300. The highest BCUT2D eigenvalue weighted by Gasteiger charge is 2.12. The van der Waals surface area contributed by atoms with Gasteiger partial charge in [0.15, 0.2) is 0 Å². The Kier molecular flexibility index (Phi) is 5.94. The summed E-state index contributed by atoms with van der Waals surface area (Å²) in [5.41, 5.74) is 2.60. The van der Waals surface area contributed by atoms with E-state index in [9.17, 15) is 0 Å². The minimum absolute atomic E-state index is 0.325. The Morgan fingerprint density at radius 1 is 1.00 bits per heavy atom. The summed E-state index contributed by atoms with van der Waals surface area (Å²) in [6.07, 6.45) is 0.903. The van der Waals surface area contributed by atoms with E-state index in [1.807, 2.05) is 24.3 Å². The van der Waals surface area contributed by atoms with Crippen LogP contribution in [0.15, 0.2) is 48.5 Å². The Morgan fingerprint density at radius 3 is 2.29 bits per heavy atom. The highest BCUT2D eigenvalue weighted by atomic mass is 35.5. The van der Waals surface area contributed by atoms with Crippen molar-refractivity contribution in [2.45, 2.75) is 19.3 Å². The van der Waals surface area contributed by atoms with Crippen molar-refractivity contribution in [1.29, 1.82) is 0 Å². The highest BCUT2D eigenvalue weighted by Crippen LogP contribution is 2.25. The molecule has 0 fully saturated rings. The average molecular weight is 305 g/mol. The fourth-order valence-corrected chi connectivity index (χ4v) is 2.67. The van der Waals surface area contributed by atoms with Crippen molar-refractivity contribution in [3.63, 3.8) is 0 Å². The van der Waals surface area contributed by atoms with E-state index in [-0.39, 0.29) is 0 Å². The first-order valence-corrected chi connectivity index (χ1v) is 7.66. The van der Waals surface area contributed by atoms with Gasteiger partial charge in [0.25, 0.3) is 0 Å². The van der Waals surface area contributed by atoms with Crippen LogP contribution in [0.1, 0.15) is 23.5 Å². The lowest BCUT2D eigenvalue weighted by Crippen LogP contribution is -2.08. The number of halogens is 1. The van der Waals surface area contributed by atoms with Gasteiger partial charge < -0.3 is 9.47 Å². The minimum atomic E-state index is 0.325. The molecule has 3 heteroatoms. The van der Waals surface area contributed by atoms with Gasteiger partial charge in [-0.3, -0.25) is 0 Å². The Labute approximate surface area is 131 Å². The fourth-order valence-electron chi connectivity index (χ4n) is 2.35. The summed E-state index contributed by atoms with van der Waals surface area (Å²) in [4.78, 5) is 0. The highest BCUT2D eigenvalue weighted by molar-refractivity contribution is 6.18. The lowest BCUT2D eigenvalue weighted by Gasteiger charge is -2.17.